The van der Waals surface area contributed by atoms with Gasteiger partial charge in [-0.2, -0.15) is 0 Å². The van der Waals surface area contributed by atoms with Crippen LogP contribution in [0.25, 0.3) is 12.3 Å². The largest absolute Gasteiger partial charge is 2.00 e. The van der Waals surface area contributed by atoms with Crippen molar-refractivity contribution >= 4 is 0 Å². The smallest absolute Gasteiger partial charge is 0.693 e. The summed E-state index contributed by atoms with van der Waals surface area (Å²) in [6, 6.07) is 0. The van der Waals surface area contributed by atoms with Crippen molar-refractivity contribution in [3.63, 3.8) is 0 Å². The van der Waals surface area contributed by atoms with Crippen molar-refractivity contribution in [2.24, 2.45) is 0 Å². The molecule has 0 saturated carbocycles. The quantitative estimate of drug-likeness (QED) is 0.531. The second kappa shape index (κ2) is 202. The van der Waals surface area contributed by atoms with Crippen molar-refractivity contribution in [2.75, 3.05) is 0 Å². The number of hydrogen-bond acceptors (Lipinski definition) is 0. The molecule has 40 valence electrons. The van der Waals surface area contributed by atoms with E-state index in [1.165, 1.54) is 0 Å². The van der Waals surface area contributed by atoms with Crippen LogP contribution in [-0.4, -0.2) is 5.48 Å². The molecule has 0 unspecified atom stereocenters. The number of rotatable bonds is 0. The average molecular weight is 264 g/mol. The van der Waals surface area contributed by atoms with Crippen LogP contribution >= 0.6 is 0 Å². The van der Waals surface area contributed by atoms with Crippen LogP contribution in [0.15, 0.2) is 0 Å². The molecule has 4 nitrogen and oxygen atoms in total. The minimum absolute atomic E-state index is 0. The van der Waals surface area contributed by atoms with Gasteiger partial charge in [-0.1, -0.05) is 0 Å². The minimum Gasteiger partial charge on any atom is -0.693 e. The molecule has 0 heterocycles. The van der Waals surface area contributed by atoms with E-state index in [1.807, 2.05) is 0 Å². The van der Waals surface area contributed by atoms with E-state index in [9.17, 15) is 0 Å². The predicted octanol–water partition coefficient (Wildman–Crippen LogP) is -0.315. The first-order valence-electron chi connectivity index (χ1n) is 0. The fourth-order valence-corrected chi connectivity index (χ4v) is 0. The fourth-order valence-electron chi connectivity index (χ4n) is 0. The first-order valence-corrected chi connectivity index (χ1v) is 0. The number of nitrogens with two attached hydrogens (primary N) is 2. The molecule has 0 spiro atoms. The van der Waals surface area contributed by atoms with Crippen LogP contribution in [0.3, 0.4) is 0 Å². The average Bonchev–Trinajstić information content (AvgIpc) is 0. The van der Waals surface area contributed by atoms with Crippen molar-refractivity contribution in [1.29, 1.82) is 0 Å². The topological polar surface area (TPSA) is 132 Å². The molecule has 0 rings (SSSR count). The normalized spacial score (nSPS) is 0. The molecule has 0 aromatic carbocycles. The van der Waals surface area contributed by atoms with Gasteiger partial charge in [0.1, 0.15) is 0 Å². The van der Waals surface area contributed by atoms with Gasteiger partial charge in [0, 0.05) is 0 Å². The molecule has 0 fully saturated rings. The molecule has 0 amide bonds. The molecular weight excluding hydrogens is 255 g/mol. The van der Waals surface area contributed by atoms with Gasteiger partial charge in [-0.25, -0.2) is 0 Å². The maximum absolute atomic E-state index is 0. The monoisotopic (exact) mass is 264 g/mol. The van der Waals surface area contributed by atoms with E-state index in [2.05, 4.69) is 0 Å². The Balaban J connectivity index is 0. The van der Waals surface area contributed by atoms with Crippen LogP contribution in [0.2, 0.25) is 0 Å². The summed E-state index contributed by atoms with van der Waals surface area (Å²) < 4.78 is 0. The molecule has 0 aromatic rings. The molecule has 0 aliphatic carbocycles. The molecular formula is H9N2O2Pt+. The van der Waals surface area contributed by atoms with E-state index in [-0.39, 0.29) is 44.3 Å². The van der Waals surface area contributed by atoms with Crippen molar-refractivity contribution < 1.29 is 32.0 Å². The van der Waals surface area contributed by atoms with Crippen molar-refractivity contribution in [2.45, 2.75) is 0 Å². The van der Waals surface area contributed by atoms with E-state index in [4.69, 9.17) is 0 Å². The third kappa shape index (κ3) is 104. The maximum Gasteiger partial charge on any atom is 2.00 e. The summed E-state index contributed by atoms with van der Waals surface area (Å²) in [6.45, 7) is 0. The van der Waals surface area contributed by atoms with Crippen LogP contribution < -0.4 is 0 Å². The summed E-state index contributed by atoms with van der Waals surface area (Å²) in [7, 11) is 0. The van der Waals surface area contributed by atoms with Gasteiger partial charge in [0.2, 0.25) is 0 Å². The Labute approximate surface area is 45.0 Å². The van der Waals surface area contributed by atoms with Gasteiger partial charge in [-0.15, -0.1) is 0 Å². The van der Waals surface area contributed by atoms with Gasteiger partial charge in [-0.3, -0.25) is 0 Å². The molecule has 0 atom stereocenters. The van der Waals surface area contributed by atoms with E-state index >= 15 is 0 Å². The summed E-state index contributed by atoms with van der Waals surface area (Å²) in [6.07, 6.45) is 0. The van der Waals surface area contributed by atoms with E-state index in [0.29, 0.717) is 0 Å². The van der Waals surface area contributed by atoms with Crippen LogP contribution in [0.5, 0.6) is 0 Å². The zero-order valence-corrected chi connectivity index (χ0v) is 4.82. The first-order chi connectivity index (χ1) is 0. The van der Waals surface area contributed by atoms with Crippen LogP contribution in [0.1, 0.15) is 0 Å². The fraction of sp³-hybridized carbons (Fsp3) is 0. The van der Waals surface area contributed by atoms with Crippen molar-refractivity contribution in [1.82, 2.24) is 0 Å². The third-order valence-corrected chi connectivity index (χ3v) is 0. The van der Waals surface area contributed by atoms with Gasteiger partial charge in [0.25, 0.3) is 0 Å². The van der Waals surface area contributed by atoms with Crippen molar-refractivity contribution in [3.8, 4) is 0 Å². The summed E-state index contributed by atoms with van der Waals surface area (Å²) in [5, 5.41) is 0. The Kier molecular flexibility index (Phi) is 16400. The van der Waals surface area contributed by atoms with Gasteiger partial charge >= 0.3 is 21.1 Å². The molecule has 5 heteroatoms. The molecule has 0 aliphatic rings. The van der Waals surface area contributed by atoms with E-state index in [1.54, 1.807) is 0 Å². The van der Waals surface area contributed by atoms with Gasteiger partial charge in [-0.05, 0) is 0 Å². The first kappa shape index (κ1) is 406. The predicted molar refractivity (Wildman–Crippen MR) is 19.1 cm³/mol. The zero-order chi connectivity index (χ0) is 0. The van der Waals surface area contributed by atoms with Gasteiger partial charge in [0.05, 0.1) is 0 Å². The summed E-state index contributed by atoms with van der Waals surface area (Å²) in [4.78, 5) is 0. The second-order valence-electron chi connectivity index (χ2n) is 0. The van der Waals surface area contributed by atoms with Crippen molar-refractivity contribution in [3.05, 3.63) is 12.3 Å². The molecule has 9 N–H and O–H groups in total. The van der Waals surface area contributed by atoms with Crippen LogP contribution in [0, 0.1) is 0 Å². The number of hydrogen-bond donors (Lipinski definition) is 0. The van der Waals surface area contributed by atoms with E-state index in [0.717, 1.165) is 0 Å². The van der Waals surface area contributed by atoms with Gasteiger partial charge < -0.3 is 23.3 Å². The Bertz CT molecular complexity index is 7.61. The molecule has 0 saturated heterocycles. The van der Waals surface area contributed by atoms with Crippen LogP contribution in [0.4, 0.5) is 0 Å². The van der Waals surface area contributed by atoms with E-state index < -0.39 is 0 Å². The Morgan fingerprint density at radius 2 is 0.800 bits per heavy atom. The molecule has 0 aliphatic heterocycles. The molecule has 0 aromatic heterocycles. The Morgan fingerprint density at radius 1 is 0.800 bits per heavy atom. The second-order valence-corrected chi connectivity index (χ2v) is 0. The van der Waals surface area contributed by atoms with Crippen LogP contribution in [-0.2, 0) is 26.5 Å². The standard InChI is InChI=1S/2H2N.2H2O.Pt/h4*1H2;/q2*-1;;;+2/p+1. The molecule has 5 heavy (non-hydrogen) atoms. The third-order valence-electron chi connectivity index (χ3n) is 0. The Hall–Kier alpha value is 0.528. The SMILES string of the molecule is O.[NH2-].[NH2-].[OH3+].[Pt+2]. The summed E-state index contributed by atoms with van der Waals surface area (Å²) >= 11 is 0. The maximum atomic E-state index is 0. The molecule has 0 radical (unpaired) electrons. The summed E-state index contributed by atoms with van der Waals surface area (Å²) in [5.74, 6) is 0. The van der Waals surface area contributed by atoms with Gasteiger partial charge in [0.15, 0.2) is 0 Å². The molecule has 0 bridgehead atoms. The summed E-state index contributed by atoms with van der Waals surface area (Å²) in [5.41, 5.74) is 0. The Morgan fingerprint density at radius 3 is 0.800 bits per heavy atom. The zero-order valence-electron chi connectivity index (χ0n) is 2.55. The minimum atomic E-state index is 0.